The van der Waals surface area contributed by atoms with Crippen LogP contribution >= 0.6 is 0 Å². The van der Waals surface area contributed by atoms with E-state index in [-0.39, 0.29) is 17.6 Å². The molecule has 1 rings (SSSR count). The maximum absolute atomic E-state index is 12.7. The average Bonchev–Trinajstić information content (AvgIpc) is 2.53. The number of ether oxygens (including phenoxy) is 1. The summed E-state index contributed by atoms with van der Waals surface area (Å²) in [4.78, 5) is 33.4. The Morgan fingerprint density at radius 1 is 1.44 bits per heavy atom. The van der Waals surface area contributed by atoms with Crippen LogP contribution in [-0.4, -0.2) is 41.9 Å². The van der Waals surface area contributed by atoms with Gasteiger partial charge in [-0.1, -0.05) is 0 Å². The summed E-state index contributed by atoms with van der Waals surface area (Å²) in [6.45, 7) is 0.667. The molecule has 1 aliphatic heterocycles. The summed E-state index contributed by atoms with van der Waals surface area (Å²) in [5.41, 5.74) is -1.48. The van der Waals surface area contributed by atoms with E-state index >= 15 is 0 Å². The van der Waals surface area contributed by atoms with Crippen molar-refractivity contribution in [2.75, 3.05) is 13.2 Å². The van der Waals surface area contributed by atoms with Crippen molar-refractivity contribution < 1.29 is 32.3 Å². The van der Waals surface area contributed by atoms with Gasteiger partial charge in [0.15, 0.2) is 5.78 Å². The molecule has 0 aromatic rings. The number of halogens is 3. The molecule has 0 N–H and O–H groups in total. The lowest BCUT2D eigenvalue weighted by Crippen LogP contribution is -2.34. The maximum Gasteiger partial charge on any atom is 0.431 e. The number of carbonyl (C=O) groups is 3. The molecule has 8 heteroatoms. The zero-order valence-corrected chi connectivity index (χ0v) is 9.41. The SMILES string of the molecule is CCOC(=O)C=C(N1CC(=O)CC1=O)C(F)(F)F. The molecule has 1 heterocycles. The Labute approximate surface area is 100 Å². The van der Waals surface area contributed by atoms with E-state index in [0.29, 0.717) is 0 Å². The fourth-order valence-electron chi connectivity index (χ4n) is 1.41. The summed E-state index contributed by atoms with van der Waals surface area (Å²) in [6, 6.07) is 0. The van der Waals surface area contributed by atoms with Crippen LogP contribution < -0.4 is 0 Å². The number of allylic oxidation sites excluding steroid dienone is 1. The van der Waals surface area contributed by atoms with Gasteiger partial charge < -0.3 is 4.74 Å². The normalized spacial score (nSPS) is 17.3. The number of esters is 1. The van der Waals surface area contributed by atoms with E-state index in [0.717, 1.165) is 0 Å². The molecule has 100 valence electrons. The van der Waals surface area contributed by atoms with Crippen LogP contribution in [0.1, 0.15) is 13.3 Å². The number of rotatable bonds is 3. The summed E-state index contributed by atoms with van der Waals surface area (Å²) < 4.78 is 42.4. The third-order valence-corrected chi connectivity index (χ3v) is 2.11. The first-order chi connectivity index (χ1) is 8.25. The Hall–Kier alpha value is -1.86. The van der Waals surface area contributed by atoms with Crippen LogP contribution in [0.3, 0.4) is 0 Å². The zero-order valence-electron chi connectivity index (χ0n) is 9.41. The molecule has 0 aromatic carbocycles. The molecule has 1 aliphatic rings. The number of hydrogen-bond acceptors (Lipinski definition) is 4. The number of likely N-dealkylation sites (tertiary alicyclic amines) is 1. The molecule has 0 saturated carbocycles. The minimum absolute atomic E-state index is 0.0899. The van der Waals surface area contributed by atoms with E-state index in [2.05, 4.69) is 4.74 Å². The third kappa shape index (κ3) is 3.31. The first-order valence-electron chi connectivity index (χ1n) is 5.03. The highest BCUT2D eigenvalue weighted by atomic mass is 19.4. The highest BCUT2D eigenvalue weighted by molar-refractivity contribution is 6.06. The zero-order chi connectivity index (χ0) is 13.9. The van der Waals surface area contributed by atoms with E-state index in [1.807, 2.05) is 0 Å². The van der Waals surface area contributed by atoms with Gasteiger partial charge >= 0.3 is 12.1 Å². The predicted octanol–water partition coefficient (Wildman–Crippen LogP) is 0.797. The van der Waals surface area contributed by atoms with Crippen molar-refractivity contribution >= 4 is 17.7 Å². The molecule has 0 atom stereocenters. The molecule has 0 radical (unpaired) electrons. The van der Waals surface area contributed by atoms with Crippen LogP contribution in [0.2, 0.25) is 0 Å². The van der Waals surface area contributed by atoms with E-state index < -0.39 is 42.5 Å². The quantitative estimate of drug-likeness (QED) is 0.430. The van der Waals surface area contributed by atoms with Crippen LogP contribution in [0.15, 0.2) is 11.8 Å². The smallest absolute Gasteiger partial charge is 0.431 e. The molecule has 0 aromatic heterocycles. The minimum atomic E-state index is -4.91. The summed E-state index contributed by atoms with van der Waals surface area (Å²) >= 11 is 0. The van der Waals surface area contributed by atoms with E-state index in [4.69, 9.17) is 0 Å². The molecule has 0 aliphatic carbocycles. The van der Waals surface area contributed by atoms with Crippen molar-refractivity contribution in [3.8, 4) is 0 Å². The molecule has 1 amide bonds. The Balaban J connectivity index is 3.03. The van der Waals surface area contributed by atoms with Crippen LogP contribution in [0.25, 0.3) is 0 Å². The number of amides is 1. The second-order valence-corrected chi connectivity index (χ2v) is 3.47. The fourth-order valence-corrected chi connectivity index (χ4v) is 1.41. The van der Waals surface area contributed by atoms with Crippen molar-refractivity contribution in [1.82, 2.24) is 4.90 Å². The Kier molecular flexibility index (Phi) is 4.10. The number of Topliss-reactive ketones (excluding diaryl/α,β-unsaturated/α-hetero) is 1. The van der Waals surface area contributed by atoms with Gasteiger partial charge in [-0.05, 0) is 6.92 Å². The monoisotopic (exact) mass is 265 g/mol. The molecular weight excluding hydrogens is 255 g/mol. The van der Waals surface area contributed by atoms with Crippen LogP contribution in [-0.2, 0) is 19.1 Å². The number of nitrogens with zero attached hydrogens (tertiary/aromatic N) is 1. The molecule has 0 spiro atoms. The average molecular weight is 265 g/mol. The molecule has 5 nitrogen and oxygen atoms in total. The van der Waals surface area contributed by atoms with Gasteiger partial charge in [0.2, 0.25) is 5.91 Å². The van der Waals surface area contributed by atoms with Crippen LogP contribution in [0.5, 0.6) is 0 Å². The minimum Gasteiger partial charge on any atom is -0.463 e. The highest BCUT2D eigenvalue weighted by Crippen LogP contribution is 2.30. The summed E-state index contributed by atoms with van der Waals surface area (Å²) in [6.07, 6.45) is -5.32. The molecule has 1 saturated heterocycles. The van der Waals surface area contributed by atoms with Crippen LogP contribution in [0, 0.1) is 0 Å². The number of ketones is 1. The van der Waals surface area contributed by atoms with E-state index in [1.54, 1.807) is 0 Å². The summed E-state index contributed by atoms with van der Waals surface area (Å²) in [7, 11) is 0. The molecule has 1 fully saturated rings. The second kappa shape index (κ2) is 5.19. The van der Waals surface area contributed by atoms with Crippen molar-refractivity contribution in [3.05, 3.63) is 11.8 Å². The van der Waals surface area contributed by atoms with Crippen molar-refractivity contribution in [2.45, 2.75) is 19.5 Å². The van der Waals surface area contributed by atoms with Gasteiger partial charge in [0.1, 0.15) is 5.70 Å². The van der Waals surface area contributed by atoms with E-state index in [1.165, 1.54) is 6.92 Å². The number of hydrogen-bond donors (Lipinski definition) is 0. The van der Waals surface area contributed by atoms with Gasteiger partial charge in [0.05, 0.1) is 25.6 Å². The first kappa shape index (κ1) is 14.2. The van der Waals surface area contributed by atoms with Crippen LogP contribution in [0.4, 0.5) is 13.2 Å². The Morgan fingerprint density at radius 3 is 2.44 bits per heavy atom. The van der Waals surface area contributed by atoms with Gasteiger partial charge in [-0.25, -0.2) is 4.79 Å². The lowest BCUT2D eigenvalue weighted by atomic mass is 10.3. The van der Waals surface area contributed by atoms with Gasteiger partial charge in [-0.3, -0.25) is 14.5 Å². The second-order valence-electron chi connectivity index (χ2n) is 3.47. The predicted molar refractivity (Wildman–Crippen MR) is 52.1 cm³/mol. The fraction of sp³-hybridized carbons (Fsp3) is 0.500. The summed E-state index contributed by atoms with van der Waals surface area (Å²) in [5.74, 6) is -2.82. The Bertz CT molecular complexity index is 414. The highest BCUT2D eigenvalue weighted by Gasteiger charge is 2.44. The number of carbonyl (C=O) groups excluding carboxylic acids is 3. The van der Waals surface area contributed by atoms with Gasteiger partial charge in [0.25, 0.3) is 0 Å². The first-order valence-corrected chi connectivity index (χ1v) is 5.03. The lowest BCUT2D eigenvalue weighted by molar-refractivity contribution is -0.142. The van der Waals surface area contributed by atoms with E-state index in [9.17, 15) is 27.6 Å². The molecular formula is C10H10F3NO4. The Morgan fingerprint density at radius 2 is 2.06 bits per heavy atom. The van der Waals surface area contributed by atoms with Gasteiger partial charge in [0, 0.05) is 0 Å². The summed E-state index contributed by atoms with van der Waals surface area (Å²) in [5, 5.41) is 0. The third-order valence-electron chi connectivity index (χ3n) is 2.11. The molecule has 0 bridgehead atoms. The van der Waals surface area contributed by atoms with Crippen molar-refractivity contribution in [2.24, 2.45) is 0 Å². The maximum atomic E-state index is 12.7. The molecule has 0 unspecified atom stereocenters. The molecule has 18 heavy (non-hydrogen) atoms. The van der Waals surface area contributed by atoms with Gasteiger partial charge in [-0.2, -0.15) is 13.2 Å². The lowest BCUT2D eigenvalue weighted by Gasteiger charge is -2.20. The van der Waals surface area contributed by atoms with Gasteiger partial charge in [-0.15, -0.1) is 0 Å². The topological polar surface area (TPSA) is 63.7 Å². The standard InChI is InChI=1S/C10H10F3NO4/c1-2-18-9(17)4-7(10(11,12)13)14-5-6(15)3-8(14)16/h4H,2-3,5H2,1H3. The van der Waals surface area contributed by atoms with Crippen molar-refractivity contribution in [3.63, 3.8) is 0 Å². The number of alkyl halides is 3. The largest absolute Gasteiger partial charge is 0.463 e. The van der Waals surface area contributed by atoms with Crippen molar-refractivity contribution in [1.29, 1.82) is 0 Å².